The van der Waals surface area contributed by atoms with Crippen molar-refractivity contribution in [3.63, 3.8) is 0 Å². The maximum atomic E-state index is 5.80. The first kappa shape index (κ1) is 14.0. The molecule has 3 heteroatoms. The number of anilines is 1. The molecule has 0 radical (unpaired) electrons. The van der Waals surface area contributed by atoms with Crippen LogP contribution in [-0.4, -0.2) is 31.1 Å². The van der Waals surface area contributed by atoms with E-state index >= 15 is 0 Å². The molecule has 1 aliphatic rings. The number of para-hydroxylation sites is 1. The van der Waals surface area contributed by atoms with E-state index in [9.17, 15) is 0 Å². The van der Waals surface area contributed by atoms with Gasteiger partial charge in [0.2, 0.25) is 0 Å². The van der Waals surface area contributed by atoms with Crippen LogP contribution in [0.1, 0.15) is 11.1 Å². The highest BCUT2D eigenvalue weighted by molar-refractivity contribution is 5.45. The fourth-order valence-electron chi connectivity index (χ4n) is 2.68. The van der Waals surface area contributed by atoms with Crippen molar-refractivity contribution in [1.82, 2.24) is 4.90 Å². The quantitative estimate of drug-likeness (QED) is 0.931. The summed E-state index contributed by atoms with van der Waals surface area (Å²) in [7, 11) is 0. The Morgan fingerprint density at radius 3 is 2.95 bits per heavy atom. The molecule has 1 N–H and O–H groups in total. The molecule has 2 aromatic rings. The van der Waals surface area contributed by atoms with Crippen LogP contribution in [0, 0.1) is 6.92 Å². The fraction of sp³-hybridized carbons (Fsp3) is 0.333. The van der Waals surface area contributed by atoms with Crippen LogP contribution in [0.3, 0.4) is 0 Å². The van der Waals surface area contributed by atoms with Crippen molar-refractivity contribution in [3.8, 4) is 5.75 Å². The Hall–Kier alpha value is -2.00. The van der Waals surface area contributed by atoms with Crippen LogP contribution in [0.4, 0.5) is 5.69 Å². The number of nitrogens with zero attached hydrogens (tertiary/aromatic N) is 1. The molecule has 0 saturated heterocycles. The van der Waals surface area contributed by atoms with Gasteiger partial charge in [-0.1, -0.05) is 30.3 Å². The lowest BCUT2D eigenvalue weighted by Crippen LogP contribution is -2.30. The molecule has 0 saturated carbocycles. The summed E-state index contributed by atoms with van der Waals surface area (Å²) in [4.78, 5) is 2.44. The van der Waals surface area contributed by atoms with Gasteiger partial charge in [-0.25, -0.2) is 0 Å². The molecule has 1 aliphatic heterocycles. The molecule has 110 valence electrons. The summed E-state index contributed by atoms with van der Waals surface area (Å²) in [5.74, 6) is 1.03. The van der Waals surface area contributed by atoms with Gasteiger partial charge in [0.15, 0.2) is 0 Å². The molecule has 0 bridgehead atoms. The van der Waals surface area contributed by atoms with Crippen LogP contribution >= 0.6 is 0 Å². The van der Waals surface area contributed by atoms with Gasteiger partial charge in [0.1, 0.15) is 12.4 Å². The maximum absolute atomic E-state index is 5.80. The van der Waals surface area contributed by atoms with Gasteiger partial charge < -0.3 is 10.1 Å². The average molecular weight is 282 g/mol. The predicted octanol–water partition coefficient (Wildman–Crippen LogP) is 3.30. The molecule has 0 amide bonds. The number of benzene rings is 2. The Labute approximate surface area is 126 Å². The summed E-state index contributed by atoms with van der Waals surface area (Å²) in [6, 6.07) is 16.8. The summed E-state index contributed by atoms with van der Waals surface area (Å²) in [5.41, 5.74) is 3.77. The predicted molar refractivity (Wildman–Crippen MR) is 86.9 cm³/mol. The second-order valence-electron chi connectivity index (χ2n) is 5.53. The Kier molecular flexibility index (Phi) is 4.41. The van der Waals surface area contributed by atoms with E-state index in [-0.39, 0.29) is 0 Å². The third-order valence-electron chi connectivity index (χ3n) is 3.81. The standard InChI is InChI=1S/C18H22N2O/c1-15-5-4-7-17(13-15)19-9-10-20-11-12-21-18-8-3-2-6-16(18)14-20/h2-8,13,19H,9-12,14H2,1H3. The molecule has 3 rings (SSSR count). The Morgan fingerprint density at radius 1 is 1.14 bits per heavy atom. The first-order chi connectivity index (χ1) is 10.3. The first-order valence-corrected chi connectivity index (χ1v) is 7.55. The normalized spacial score (nSPS) is 14.9. The number of hydrogen-bond donors (Lipinski definition) is 1. The van der Waals surface area contributed by atoms with E-state index in [1.54, 1.807) is 0 Å². The molecule has 1 heterocycles. The summed E-state index contributed by atoms with van der Waals surface area (Å²) >= 11 is 0. The Morgan fingerprint density at radius 2 is 2.05 bits per heavy atom. The SMILES string of the molecule is Cc1cccc(NCCN2CCOc3ccccc3C2)c1. The molecule has 0 atom stereocenters. The second-order valence-corrected chi connectivity index (χ2v) is 5.53. The zero-order valence-electron chi connectivity index (χ0n) is 12.5. The number of fused-ring (bicyclic) bond motifs is 1. The van der Waals surface area contributed by atoms with Gasteiger partial charge in [0, 0.05) is 37.4 Å². The first-order valence-electron chi connectivity index (χ1n) is 7.55. The molecule has 0 fully saturated rings. The zero-order valence-corrected chi connectivity index (χ0v) is 12.5. The highest BCUT2D eigenvalue weighted by Crippen LogP contribution is 2.22. The molecule has 3 nitrogen and oxygen atoms in total. The van der Waals surface area contributed by atoms with Crippen LogP contribution in [0.2, 0.25) is 0 Å². The van der Waals surface area contributed by atoms with Crippen LogP contribution in [-0.2, 0) is 6.54 Å². The maximum Gasteiger partial charge on any atom is 0.123 e. The van der Waals surface area contributed by atoms with Crippen molar-refractivity contribution in [3.05, 3.63) is 59.7 Å². The lowest BCUT2D eigenvalue weighted by molar-refractivity contribution is 0.232. The molecular weight excluding hydrogens is 260 g/mol. The smallest absolute Gasteiger partial charge is 0.123 e. The van der Waals surface area contributed by atoms with E-state index < -0.39 is 0 Å². The lowest BCUT2D eigenvalue weighted by Gasteiger charge is -2.19. The van der Waals surface area contributed by atoms with E-state index in [0.29, 0.717) is 0 Å². The number of ether oxygens (including phenoxy) is 1. The molecular formula is C18H22N2O. The monoisotopic (exact) mass is 282 g/mol. The van der Waals surface area contributed by atoms with E-state index in [4.69, 9.17) is 4.74 Å². The Bertz CT molecular complexity index is 597. The summed E-state index contributed by atoms with van der Waals surface area (Å²) in [6.45, 7) is 6.79. The van der Waals surface area contributed by atoms with E-state index in [0.717, 1.165) is 38.5 Å². The highest BCUT2D eigenvalue weighted by atomic mass is 16.5. The van der Waals surface area contributed by atoms with Gasteiger partial charge in [0.05, 0.1) is 0 Å². The third kappa shape index (κ3) is 3.76. The average Bonchev–Trinajstić information content (AvgIpc) is 2.69. The number of aryl methyl sites for hydroxylation is 1. The summed E-state index contributed by atoms with van der Waals surface area (Å²) in [5, 5.41) is 3.49. The summed E-state index contributed by atoms with van der Waals surface area (Å²) in [6.07, 6.45) is 0. The van der Waals surface area contributed by atoms with Crippen LogP contribution in [0.15, 0.2) is 48.5 Å². The summed E-state index contributed by atoms with van der Waals surface area (Å²) < 4.78 is 5.80. The van der Waals surface area contributed by atoms with Crippen molar-refractivity contribution in [1.29, 1.82) is 0 Å². The minimum atomic E-state index is 0.765. The van der Waals surface area contributed by atoms with Gasteiger partial charge in [-0.3, -0.25) is 4.90 Å². The van der Waals surface area contributed by atoms with Gasteiger partial charge in [-0.05, 0) is 30.7 Å². The van der Waals surface area contributed by atoms with Gasteiger partial charge in [0.25, 0.3) is 0 Å². The number of rotatable bonds is 4. The zero-order chi connectivity index (χ0) is 14.5. The molecule has 0 spiro atoms. The van der Waals surface area contributed by atoms with Crippen molar-refractivity contribution < 1.29 is 4.74 Å². The lowest BCUT2D eigenvalue weighted by atomic mass is 10.2. The largest absolute Gasteiger partial charge is 0.492 e. The molecule has 2 aromatic carbocycles. The number of nitrogens with one attached hydrogen (secondary N) is 1. The third-order valence-corrected chi connectivity index (χ3v) is 3.81. The van der Waals surface area contributed by atoms with E-state index in [1.165, 1.54) is 16.8 Å². The minimum Gasteiger partial charge on any atom is -0.492 e. The van der Waals surface area contributed by atoms with Gasteiger partial charge in [-0.2, -0.15) is 0 Å². The van der Waals surface area contributed by atoms with Crippen molar-refractivity contribution >= 4 is 5.69 Å². The van der Waals surface area contributed by atoms with Crippen LogP contribution in [0.5, 0.6) is 5.75 Å². The van der Waals surface area contributed by atoms with Crippen molar-refractivity contribution in [2.45, 2.75) is 13.5 Å². The Balaban J connectivity index is 1.54. The van der Waals surface area contributed by atoms with Gasteiger partial charge >= 0.3 is 0 Å². The molecule has 0 unspecified atom stereocenters. The highest BCUT2D eigenvalue weighted by Gasteiger charge is 2.14. The minimum absolute atomic E-state index is 0.765. The van der Waals surface area contributed by atoms with Crippen molar-refractivity contribution in [2.75, 3.05) is 31.6 Å². The van der Waals surface area contributed by atoms with E-state index in [1.807, 2.05) is 6.07 Å². The number of hydrogen-bond acceptors (Lipinski definition) is 3. The molecule has 21 heavy (non-hydrogen) atoms. The van der Waals surface area contributed by atoms with Crippen LogP contribution in [0.25, 0.3) is 0 Å². The van der Waals surface area contributed by atoms with Crippen molar-refractivity contribution in [2.24, 2.45) is 0 Å². The van der Waals surface area contributed by atoms with Crippen LogP contribution < -0.4 is 10.1 Å². The topological polar surface area (TPSA) is 24.5 Å². The molecule has 0 aliphatic carbocycles. The van der Waals surface area contributed by atoms with E-state index in [2.05, 4.69) is 59.6 Å². The second kappa shape index (κ2) is 6.64. The fourth-order valence-corrected chi connectivity index (χ4v) is 2.68. The van der Waals surface area contributed by atoms with Gasteiger partial charge in [-0.15, -0.1) is 0 Å². The molecule has 0 aromatic heterocycles.